The first-order chi connectivity index (χ1) is 10.3. The molecule has 0 saturated heterocycles. The summed E-state index contributed by atoms with van der Waals surface area (Å²) in [5.74, 6) is 6.67. The van der Waals surface area contributed by atoms with E-state index in [1.54, 1.807) is 7.11 Å². The molecule has 1 aromatic rings. The van der Waals surface area contributed by atoms with Gasteiger partial charge in [0, 0.05) is 12.7 Å². The minimum absolute atomic E-state index is 0.0908. The van der Waals surface area contributed by atoms with E-state index in [9.17, 15) is 0 Å². The van der Waals surface area contributed by atoms with Crippen molar-refractivity contribution >= 4 is 0 Å². The Morgan fingerprint density at radius 2 is 2.10 bits per heavy atom. The molecule has 1 unspecified atom stereocenters. The van der Waals surface area contributed by atoms with E-state index < -0.39 is 0 Å². The molecule has 0 radical (unpaired) electrons. The Hall–Kier alpha value is -1.36. The Kier molecular flexibility index (Phi) is 6.73. The quantitative estimate of drug-likeness (QED) is 0.334. The summed E-state index contributed by atoms with van der Waals surface area (Å²) in [4.78, 5) is 0. The molecule has 1 aliphatic rings. The zero-order valence-electron chi connectivity index (χ0n) is 12.8. The number of methoxy groups -OCH3 is 1. The number of hydrogen-bond donors (Lipinski definition) is 2. The van der Waals surface area contributed by atoms with Crippen molar-refractivity contribution in [3.63, 3.8) is 0 Å². The van der Waals surface area contributed by atoms with Gasteiger partial charge in [-0.1, -0.05) is 29.8 Å². The van der Waals surface area contributed by atoms with E-state index in [4.69, 9.17) is 15.3 Å². The Labute approximate surface area is 127 Å². The van der Waals surface area contributed by atoms with Crippen molar-refractivity contribution in [3.8, 4) is 5.75 Å². The zero-order valence-corrected chi connectivity index (χ0v) is 12.8. The van der Waals surface area contributed by atoms with E-state index in [0.717, 1.165) is 17.7 Å². The summed E-state index contributed by atoms with van der Waals surface area (Å²) in [5.41, 5.74) is 5.55. The largest absolute Gasteiger partial charge is 0.491 e. The number of benzene rings is 1. The van der Waals surface area contributed by atoms with Crippen molar-refractivity contribution in [2.24, 2.45) is 5.84 Å². The fraction of sp³-hybridized carbons (Fsp3) is 0.529. The van der Waals surface area contributed by atoms with Gasteiger partial charge in [-0.05, 0) is 38.2 Å². The highest BCUT2D eigenvalue weighted by molar-refractivity contribution is 5.36. The summed E-state index contributed by atoms with van der Waals surface area (Å²) < 4.78 is 10.8. The maximum absolute atomic E-state index is 5.81. The van der Waals surface area contributed by atoms with Gasteiger partial charge in [-0.25, -0.2) is 0 Å². The molecule has 0 aromatic heterocycles. The van der Waals surface area contributed by atoms with Crippen LogP contribution in [0.5, 0.6) is 5.75 Å². The topological polar surface area (TPSA) is 56.5 Å². The second-order valence-corrected chi connectivity index (χ2v) is 5.41. The molecule has 0 saturated carbocycles. The fourth-order valence-corrected chi connectivity index (χ4v) is 2.75. The molecule has 116 valence electrons. The third kappa shape index (κ3) is 4.84. The predicted octanol–water partition coefficient (Wildman–Crippen LogP) is 3.11. The van der Waals surface area contributed by atoms with Crippen LogP contribution >= 0.6 is 0 Å². The number of rotatable bonds is 8. The predicted molar refractivity (Wildman–Crippen MR) is 85.0 cm³/mol. The Morgan fingerprint density at radius 1 is 1.24 bits per heavy atom. The first-order valence-corrected chi connectivity index (χ1v) is 7.70. The third-order valence-electron chi connectivity index (χ3n) is 3.89. The normalized spacial score (nSPS) is 16.4. The summed E-state index contributed by atoms with van der Waals surface area (Å²) in [7, 11) is 1.68. The van der Waals surface area contributed by atoms with Crippen molar-refractivity contribution in [2.45, 2.75) is 38.1 Å². The van der Waals surface area contributed by atoms with E-state index in [-0.39, 0.29) is 6.04 Å². The maximum atomic E-state index is 5.81. The number of nitrogens with two attached hydrogens (primary N) is 1. The molecular formula is C17H26N2O2. The van der Waals surface area contributed by atoms with Gasteiger partial charge in [0.05, 0.1) is 12.6 Å². The van der Waals surface area contributed by atoms with Crippen LogP contribution in [-0.4, -0.2) is 20.3 Å². The van der Waals surface area contributed by atoms with Crippen molar-refractivity contribution in [1.29, 1.82) is 0 Å². The summed E-state index contributed by atoms with van der Waals surface area (Å²) in [6.45, 7) is 1.13. The summed E-state index contributed by atoms with van der Waals surface area (Å²) in [5, 5.41) is 0. The number of allylic oxidation sites excluding steroid dienone is 1. The van der Waals surface area contributed by atoms with Gasteiger partial charge < -0.3 is 9.47 Å². The van der Waals surface area contributed by atoms with Gasteiger partial charge in [-0.15, -0.1) is 0 Å². The van der Waals surface area contributed by atoms with Crippen molar-refractivity contribution in [1.82, 2.24) is 5.43 Å². The average molecular weight is 290 g/mol. The molecule has 21 heavy (non-hydrogen) atoms. The lowest BCUT2D eigenvalue weighted by Gasteiger charge is -2.22. The van der Waals surface area contributed by atoms with E-state index in [0.29, 0.717) is 13.2 Å². The van der Waals surface area contributed by atoms with Crippen LogP contribution in [-0.2, 0) is 4.74 Å². The molecule has 3 N–H and O–H groups in total. The van der Waals surface area contributed by atoms with Crippen LogP contribution in [0.3, 0.4) is 0 Å². The molecule has 0 heterocycles. The molecule has 4 nitrogen and oxygen atoms in total. The van der Waals surface area contributed by atoms with E-state index in [1.807, 2.05) is 18.2 Å². The standard InChI is InChI=1S/C17H26N2O2/c1-20-11-12-21-17-10-6-5-9-15(17)16(19-18)13-14-7-3-2-4-8-14/h5-7,9-10,16,19H,2-4,8,11-13,18H2,1H3. The van der Waals surface area contributed by atoms with Crippen LogP contribution in [0.2, 0.25) is 0 Å². The Balaban J connectivity index is 2.07. The highest BCUT2D eigenvalue weighted by Crippen LogP contribution is 2.31. The van der Waals surface area contributed by atoms with Gasteiger partial charge in [-0.2, -0.15) is 0 Å². The minimum atomic E-state index is 0.0908. The molecular weight excluding hydrogens is 264 g/mol. The third-order valence-corrected chi connectivity index (χ3v) is 3.89. The van der Waals surface area contributed by atoms with Crippen LogP contribution in [0.25, 0.3) is 0 Å². The molecule has 1 atom stereocenters. The van der Waals surface area contributed by atoms with E-state index in [2.05, 4.69) is 17.6 Å². The second kappa shape index (κ2) is 8.82. The molecule has 1 aromatic carbocycles. The summed E-state index contributed by atoms with van der Waals surface area (Å²) >= 11 is 0. The molecule has 1 aliphatic carbocycles. The van der Waals surface area contributed by atoms with Crippen LogP contribution in [0.1, 0.15) is 43.7 Å². The molecule has 2 rings (SSSR count). The number of ether oxygens (including phenoxy) is 2. The lowest BCUT2D eigenvalue weighted by atomic mass is 9.91. The maximum Gasteiger partial charge on any atom is 0.124 e. The van der Waals surface area contributed by atoms with Gasteiger partial charge in [0.2, 0.25) is 0 Å². The highest BCUT2D eigenvalue weighted by Gasteiger charge is 2.17. The zero-order chi connectivity index (χ0) is 14.9. The van der Waals surface area contributed by atoms with Gasteiger partial charge in [0.25, 0.3) is 0 Å². The van der Waals surface area contributed by atoms with Crippen molar-refractivity contribution < 1.29 is 9.47 Å². The summed E-state index contributed by atoms with van der Waals surface area (Å²) in [6.07, 6.45) is 8.28. The first kappa shape index (κ1) is 16.0. The molecule has 0 amide bonds. The average Bonchev–Trinajstić information content (AvgIpc) is 2.54. The number of hydrogen-bond acceptors (Lipinski definition) is 4. The molecule has 0 spiro atoms. The van der Waals surface area contributed by atoms with Crippen molar-refractivity contribution in [3.05, 3.63) is 41.5 Å². The Bertz CT molecular complexity index is 460. The highest BCUT2D eigenvalue weighted by atomic mass is 16.5. The first-order valence-electron chi connectivity index (χ1n) is 7.70. The van der Waals surface area contributed by atoms with E-state index in [1.165, 1.54) is 31.3 Å². The molecule has 4 heteroatoms. The monoisotopic (exact) mass is 290 g/mol. The van der Waals surface area contributed by atoms with Gasteiger partial charge in [0.1, 0.15) is 12.4 Å². The van der Waals surface area contributed by atoms with Crippen LogP contribution in [0.4, 0.5) is 0 Å². The number of hydrazine groups is 1. The van der Waals surface area contributed by atoms with Gasteiger partial charge >= 0.3 is 0 Å². The fourth-order valence-electron chi connectivity index (χ4n) is 2.75. The lowest BCUT2D eigenvalue weighted by Crippen LogP contribution is -2.29. The molecule has 0 fully saturated rings. The van der Waals surface area contributed by atoms with Crippen molar-refractivity contribution in [2.75, 3.05) is 20.3 Å². The van der Waals surface area contributed by atoms with Gasteiger partial charge in [0.15, 0.2) is 0 Å². The van der Waals surface area contributed by atoms with Crippen LogP contribution in [0.15, 0.2) is 35.9 Å². The number of para-hydroxylation sites is 1. The minimum Gasteiger partial charge on any atom is -0.491 e. The van der Waals surface area contributed by atoms with Crippen LogP contribution in [0, 0.1) is 0 Å². The molecule has 0 aliphatic heterocycles. The lowest BCUT2D eigenvalue weighted by molar-refractivity contribution is 0.145. The Morgan fingerprint density at radius 3 is 2.81 bits per heavy atom. The summed E-state index contributed by atoms with van der Waals surface area (Å²) in [6, 6.07) is 8.17. The van der Waals surface area contributed by atoms with Gasteiger partial charge in [-0.3, -0.25) is 11.3 Å². The number of nitrogens with one attached hydrogen (secondary N) is 1. The SMILES string of the molecule is COCCOc1ccccc1C(CC1=CCCCC1)NN. The van der Waals surface area contributed by atoms with Crippen LogP contribution < -0.4 is 16.0 Å². The van der Waals surface area contributed by atoms with E-state index >= 15 is 0 Å². The second-order valence-electron chi connectivity index (χ2n) is 5.41. The smallest absolute Gasteiger partial charge is 0.124 e. The molecule has 0 bridgehead atoms.